The van der Waals surface area contributed by atoms with E-state index in [4.69, 9.17) is 0 Å². The molecule has 0 spiro atoms. The van der Waals surface area contributed by atoms with Gasteiger partial charge in [0.15, 0.2) is 0 Å². The summed E-state index contributed by atoms with van der Waals surface area (Å²) in [5, 5.41) is 11.8. The molecule has 1 fully saturated rings. The average Bonchev–Trinajstić information content (AvgIpc) is 2.36. The van der Waals surface area contributed by atoms with E-state index in [9.17, 15) is 5.11 Å². The molecule has 1 saturated carbocycles. The van der Waals surface area contributed by atoms with E-state index in [1.807, 2.05) is 0 Å². The predicted molar refractivity (Wildman–Crippen MR) is 46.4 cm³/mol. The van der Waals surface area contributed by atoms with Gasteiger partial charge in [-0.3, -0.25) is 0 Å². The Kier molecular flexibility index (Phi) is 9.07. The van der Waals surface area contributed by atoms with Crippen LogP contribution in [0.15, 0.2) is 0 Å². The smallest absolute Gasteiger partial charge is 1.00 e. The van der Waals surface area contributed by atoms with Gasteiger partial charge in [0.2, 0.25) is 0 Å². The summed E-state index contributed by atoms with van der Waals surface area (Å²) in [6.45, 7) is 4.21. The Hall–Kier alpha value is 1.46. The molecule has 68 valence electrons. The van der Waals surface area contributed by atoms with Gasteiger partial charge in [0.1, 0.15) is 0 Å². The second-order valence-corrected chi connectivity index (χ2v) is 3.58. The fraction of sp³-hybridized carbons (Fsp3) is 1.00. The molecule has 1 atom stereocenters. The number of hydrogen-bond acceptors (Lipinski definition) is 1. The minimum absolute atomic E-state index is 0. The Morgan fingerprint density at radius 2 is 1.75 bits per heavy atom. The largest absolute Gasteiger partial charge is 2.00 e. The summed E-state index contributed by atoms with van der Waals surface area (Å²) >= 11 is 0. The molecule has 1 rings (SSSR count). The second kappa shape index (κ2) is 6.84. The van der Waals surface area contributed by atoms with Crippen molar-refractivity contribution in [2.75, 3.05) is 0 Å². The first-order valence-electron chi connectivity index (χ1n) is 4.39. The molecular weight excluding hydrogens is 275 g/mol. The molecule has 0 radical (unpaired) electrons. The molecule has 12 heavy (non-hydrogen) atoms. The molecule has 0 aromatic rings. The maximum atomic E-state index is 11.8. The first kappa shape index (κ1) is 15.9. The minimum Gasteiger partial charge on any atom is -1.00 e. The number of rotatable bonds is 2. The Labute approximate surface area is 109 Å². The Balaban J connectivity index is 0. The number of hydrogen-bond donors (Lipinski definition) is 0. The van der Waals surface area contributed by atoms with Crippen molar-refractivity contribution in [2.45, 2.75) is 51.6 Å². The van der Waals surface area contributed by atoms with Gasteiger partial charge in [0, 0.05) is 0 Å². The van der Waals surface area contributed by atoms with Gasteiger partial charge in [0.05, 0.1) is 0 Å². The third kappa shape index (κ3) is 3.68. The van der Waals surface area contributed by atoms with E-state index in [0.717, 1.165) is 32.1 Å². The van der Waals surface area contributed by atoms with E-state index >= 15 is 0 Å². The van der Waals surface area contributed by atoms with Crippen molar-refractivity contribution in [1.82, 2.24) is 0 Å². The molecule has 0 aromatic carbocycles. The normalized spacial score (nSPS) is 22.2. The van der Waals surface area contributed by atoms with Crippen LogP contribution in [0.3, 0.4) is 0 Å². The standard InChI is InChI=1S/C9H17O.HI.Mg/c1-3-8(2)9(10)6-4-5-7-9;;/h8H,3-7H2,1-2H3;1H;/q-1;;+2/p-1. The van der Waals surface area contributed by atoms with Crippen LogP contribution < -0.4 is 29.1 Å². The SMILES string of the molecule is CCC(C)C1([O-])CCCC1.[I-].[Mg+2]. The zero-order valence-electron chi connectivity index (χ0n) is 8.11. The molecule has 0 amide bonds. The first-order chi connectivity index (χ1) is 4.69. The third-order valence-corrected chi connectivity index (χ3v) is 2.96. The van der Waals surface area contributed by atoms with Gasteiger partial charge < -0.3 is 29.1 Å². The fourth-order valence-electron chi connectivity index (χ4n) is 1.84. The minimum atomic E-state index is -0.547. The molecule has 0 heterocycles. The van der Waals surface area contributed by atoms with Crippen molar-refractivity contribution in [3.8, 4) is 0 Å². The van der Waals surface area contributed by atoms with Crippen molar-refractivity contribution in [3.63, 3.8) is 0 Å². The Bertz CT molecular complexity index is 113. The predicted octanol–water partition coefficient (Wildman–Crippen LogP) is -1.67. The van der Waals surface area contributed by atoms with E-state index < -0.39 is 5.60 Å². The van der Waals surface area contributed by atoms with Crippen molar-refractivity contribution in [1.29, 1.82) is 0 Å². The molecule has 1 nitrogen and oxygen atoms in total. The van der Waals surface area contributed by atoms with Gasteiger partial charge in [-0.1, -0.05) is 51.9 Å². The summed E-state index contributed by atoms with van der Waals surface area (Å²) in [5.74, 6) is 0.384. The summed E-state index contributed by atoms with van der Waals surface area (Å²) in [6.07, 6.45) is 5.20. The van der Waals surface area contributed by atoms with E-state index in [0.29, 0.717) is 5.92 Å². The van der Waals surface area contributed by atoms with E-state index in [2.05, 4.69) is 13.8 Å². The Morgan fingerprint density at radius 1 is 1.33 bits per heavy atom. The Morgan fingerprint density at radius 3 is 2.08 bits per heavy atom. The van der Waals surface area contributed by atoms with Crippen LogP contribution in [0.5, 0.6) is 0 Å². The van der Waals surface area contributed by atoms with Crippen LogP contribution in [0, 0.1) is 5.92 Å². The van der Waals surface area contributed by atoms with Crippen molar-refractivity contribution in [2.24, 2.45) is 5.92 Å². The van der Waals surface area contributed by atoms with Crippen molar-refractivity contribution < 1.29 is 29.1 Å². The van der Waals surface area contributed by atoms with Gasteiger partial charge in [0.25, 0.3) is 0 Å². The third-order valence-electron chi connectivity index (χ3n) is 2.96. The zero-order valence-corrected chi connectivity index (χ0v) is 11.7. The summed E-state index contributed by atoms with van der Waals surface area (Å²) in [6, 6.07) is 0. The van der Waals surface area contributed by atoms with Crippen molar-refractivity contribution >= 4 is 23.1 Å². The molecule has 0 saturated heterocycles. The van der Waals surface area contributed by atoms with Crippen LogP contribution in [0.25, 0.3) is 0 Å². The molecule has 1 unspecified atom stereocenters. The van der Waals surface area contributed by atoms with Gasteiger partial charge in [-0.25, -0.2) is 0 Å². The van der Waals surface area contributed by atoms with Crippen LogP contribution in [0.2, 0.25) is 0 Å². The molecule has 3 heteroatoms. The summed E-state index contributed by atoms with van der Waals surface area (Å²) in [7, 11) is 0. The topological polar surface area (TPSA) is 23.1 Å². The van der Waals surface area contributed by atoms with Gasteiger partial charge in [-0.2, -0.15) is 0 Å². The monoisotopic (exact) mass is 292 g/mol. The van der Waals surface area contributed by atoms with Crippen LogP contribution in [-0.2, 0) is 0 Å². The van der Waals surface area contributed by atoms with Gasteiger partial charge >= 0.3 is 23.1 Å². The molecule has 1 aliphatic carbocycles. The summed E-state index contributed by atoms with van der Waals surface area (Å²) in [5.41, 5.74) is -0.547. The van der Waals surface area contributed by atoms with Gasteiger partial charge in [-0.05, 0) is 0 Å². The molecule has 0 N–H and O–H groups in total. The zero-order chi connectivity index (χ0) is 7.61. The van der Waals surface area contributed by atoms with Gasteiger partial charge in [-0.15, -0.1) is 5.60 Å². The van der Waals surface area contributed by atoms with E-state index in [1.54, 1.807) is 0 Å². The van der Waals surface area contributed by atoms with Crippen LogP contribution in [-0.4, -0.2) is 28.7 Å². The van der Waals surface area contributed by atoms with E-state index in [1.165, 1.54) is 0 Å². The number of halogens is 1. The molecule has 1 aliphatic rings. The van der Waals surface area contributed by atoms with Crippen molar-refractivity contribution in [3.05, 3.63) is 0 Å². The average molecular weight is 292 g/mol. The summed E-state index contributed by atoms with van der Waals surface area (Å²) in [4.78, 5) is 0. The molecule has 0 aromatic heterocycles. The quantitative estimate of drug-likeness (QED) is 0.441. The van der Waals surface area contributed by atoms with Crippen LogP contribution in [0.1, 0.15) is 46.0 Å². The fourth-order valence-corrected chi connectivity index (χ4v) is 1.84. The molecule has 0 bridgehead atoms. The molecule has 0 aliphatic heterocycles. The second-order valence-electron chi connectivity index (χ2n) is 3.58. The summed E-state index contributed by atoms with van der Waals surface area (Å²) < 4.78 is 0. The maximum absolute atomic E-state index is 11.8. The maximum Gasteiger partial charge on any atom is 2.00 e. The van der Waals surface area contributed by atoms with E-state index in [-0.39, 0.29) is 47.0 Å². The first-order valence-corrected chi connectivity index (χ1v) is 4.39. The van der Waals surface area contributed by atoms with Crippen LogP contribution >= 0.6 is 0 Å². The molecular formula is C9H17IMgO. The van der Waals surface area contributed by atoms with Crippen LogP contribution in [0.4, 0.5) is 0 Å².